The summed E-state index contributed by atoms with van der Waals surface area (Å²) in [5.74, 6) is 0.00726. The summed E-state index contributed by atoms with van der Waals surface area (Å²) in [5, 5.41) is 5.66. The zero-order valence-electron chi connectivity index (χ0n) is 16.4. The highest BCUT2D eigenvalue weighted by molar-refractivity contribution is 6.07. The Balaban J connectivity index is 1.66. The Hall–Kier alpha value is -2.86. The number of methoxy groups -OCH3 is 1. The summed E-state index contributed by atoms with van der Waals surface area (Å²) in [6.07, 6.45) is 1.61. The predicted molar refractivity (Wildman–Crippen MR) is 110 cm³/mol. The zero-order valence-corrected chi connectivity index (χ0v) is 16.4. The average molecular weight is 381 g/mol. The van der Waals surface area contributed by atoms with Crippen LogP contribution in [0.25, 0.3) is 0 Å². The molecule has 0 aliphatic carbocycles. The molecular weight excluding hydrogens is 354 g/mol. The number of nitrogens with one attached hydrogen (secondary N) is 2. The first-order chi connectivity index (χ1) is 13.6. The number of nitrogens with zero attached hydrogens (tertiary/aromatic N) is 1. The highest BCUT2D eigenvalue weighted by atomic mass is 16.5. The van der Waals surface area contributed by atoms with E-state index in [1.807, 2.05) is 47.4 Å². The second-order valence-electron chi connectivity index (χ2n) is 7.01. The minimum Gasteiger partial charge on any atom is -0.385 e. The Morgan fingerprint density at radius 2 is 1.93 bits per heavy atom. The van der Waals surface area contributed by atoms with Gasteiger partial charge in [-0.1, -0.05) is 30.3 Å². The lowest BCUT2D eigenvalue weighted by Gasteiger charge is -2.23. The fraction of sp³-hybridized carbons (Fsp3) is 0.364. The Labute approximate surface area is 165 Å². The minimum absolute atomic E-state index is 0.00726. The number of ether oxygens (including phenoxy) is 1. The summed E-state index contributed by atoms with van der Waals surface area (Å²) in [6.45, 7) is 3.66. The van der Waals surface area contributed by atoms with Crippen molar-refractivity contribution in [1.29, 1.82) is 0 Å². The van der Waals surface area contributed by atoms with E-state index in [1.54, 1.807) is 7.11 Å². The summed E-state index contributed by atoms with van der Waals surface area (Å²) in [7, 11) is 1.64. The summed E-state index contributed by atoms with van der Waals surface area (Å²) in [5.41, 5.74) is 3.73. The van der Waals surface area contributed by atoms with Crippen molar-refractivity contribution >= 4 is 17.6 Å². The number of carbonyl (C=O) groups is 2. The number of anilines is 1. The molecule has 0 spiro atoms. The maximum atomic E-state index is 13.0. The van der Waals surface area contributed by atoms with E-state index in [1.165, 1.54) is 0 Å². The molecule has 0 radical (unpaired) electrons. The van der Waals surface area contributed by atoms with E-state index in [-0.39, 0.29) is 18.0 Å². The SMILES string of the molecule is COCCCNC(=O)NCc1ccc2c(c1)N(C(=O)c1ccccc1)[C@@H](C)C2. The maximum absolute atomic E-state index is 13.0. The smallest absolute Gasteiger partial charge is 0.315 e. The average Bonchev–Trinajstić information content (AvgIpc) is 3.04. The van der Waals surface area contributed by atoms with Crippen LogP contribution in [-0.2, 0) is 17.7 Å². The molecule has 28 heavy (non-hydrogen) atoms. The number of fused-ring (bicyclic) bond motifs is 1. The van der Waals surface area contributed by atoms with Gasteiger partial charge in [-0.05, 0) is 49.1 Å². The van der Waals surface area contributed by atoms with E-state index in [2.05, 4.69) is 23.6 Å². The van der Waals surface area contributed by atoms with Crippen LogP contribution in [-0.4, -0.2) is 38.2 Å². The van der Waals surface area contributed by atoms with Crippen molar-refractivity contribution in [2.45, 2.75) is 32.4 Å². The van der Waals surface area contributed by atoms with Gasteiger partial charge in [-0.3, -0.25) is 4.79 Å². The molecule has 1 atom stereocenters. The molecule has 1 aliphatic rings. The lowest BCUT2D eigenvalue weighted by Crippen LogP contribution is -2.36. The molecule has 0 saturated carbocycles. The number of carbonyl (C=O) groups excluding carboxylic acids is 2. The number of hydrogen-bond donors (Lipinski definition) is 2. The fourth-order valence-corrected chi connectivity index (χ4v) is 3.46. The summed E-state index contributed by atoms with van der Waals surface area (Å²) < 4.78 is 4.96. The molecular formula is C22H27N3O3. The predicted octanol–water partition coefficient (Wildman–Crippen LogP) is 3.11. The molecule has 6 nitrogen and oxygen atoms in total. The molecule has 1 heterocycles. The van der Waals surface area contributed by atoms with Crippen molar-refractivity contribution in [3.05, 3.63) is 65.2 Å². The Bertz CT molecular complexity index is 823. The largest absolute Gasteiger partial charge is 0.385 e. The molecule has 0 bridgehead atoms. The first-order valence-electron chi connectivity index (χ1n) is 9.61. The van der Waals surface area contributed by atoms with Crippen LogP contribution in [0.15, 0.2) is 48.5 Å². The van der Waals surface area contributed by atoms with Gasteiger partial charge in [0, 0.05) is 44.1 Å². The van der Waals surface area contributed by atoms with Gasteiger partial charge in [0.15, 0.2) is 0 Å². The number of hydrogen-bond acceptors (Lipinski definition) is 3. The monoisotopic (exact) mass is 381 g/mol. The van der Waals surface area contributed by atoms with Crippen molar-refractivity contribution in [2.24, 2.45) is 0 Å². The standard InChI is InChI=1S/C22H27N3O3/c1-16-13-19-10-9-17(15-24-22(27)23-11-6-12-28-2)14-20(19)25(16)21(26)18-7-4-3-5-8-18/h3-5,7-10,14,16H,6,11-13,15H2,1-2H3,(H2,23,24,27)/t16-/m0/s1. The highest BCUT2D eigenvalue weighted by Gasteiger charge is 2.31. The van der Waals surface area contributed by atoms with Gasteiger partial charge in [0.1, 0.15) is 0 Å². The van der Waals surface area contributed by atoms with Crippen LogP contribution < -0.4 is 15.5 Å². The number of benzene rings is 2. The second kappa shape index (κ2) is 9.37. The zero-order chi connectivity index (χ0) is 19.9. The van der Waals surface area contributed by atoms with Gasteiger partial charge in [0.05, 0.1) is 0 Å². The third-order valence-corrected chi connectivity index (χ3v) is 4.87. The van der Waals surface area contributed by atoms with Gasteiger partial charge < -0.3 is 20.3 Å². The van der Waals surface area contributed by atoms with Crippen molar-refractivity contribution in [2.75, 3.05) is 25.2 Å². The quantitative estimate of drug-likeness (QED) is 0.724. The molecule has 0 aromatic heterocycles. The van der Waals surface area contributed by atoms with Crippen LogP contribution in [0.4, 0.5) is 10.5 Å². The van der Waals surface area contributed by atoms with Gasteiger partial charge in [-0.25, -0.2) is 4.79 Å². The lowest BCUT2D eigenvalue weighted by molar-refractivity contribution is 0.0981. The van der Waals surface area contributed by atoms with Crippen molar-refractivity contribution in [3.8, 4) is 0 Å². The number of amides is 3. The van der Waals surface area contributed by atoms with Crippen LogP contribution in [0.2, 0.25) is 0 Å². The second-order valence-corrected chi connectivity index (χ2v) is 7.01. The van der Waals surface area contributed by atoms with Gasteiger partial charge in [-0.15, -0.1) is 0 Å². The molecule has 0 unspecified atom stereocenters. The summed E-state index contributed by atoms with van der Waals surface area (Å²) in [4.78, 5) is 26.8. The first-order valence-corrected chi connectivity index (χ1v) is 9.61. The number of rotatable bonds is 7. The minimum atomic E-state index is -0.206. The Kier molecular flexibility index (Phi) is 6.66. The molecule has 148 valence electrons. The molecule has 6 heteroatoms. The molecule has 0 saturated heterocycles. The van der Waals surface area contributed by atoms with E-state index in [0.717, 1.165) is 29.7 Å². The normalized spacial score (nSPS) is 15.2. The van der Waals surface area contributed by atoms with Gasteiger partial charge >= 0.3 is 6.03 Å². The van der Waals surface area contributed by atoms with Gasteiger partial charge in [0.25, 0.3) is 5.91 Å². The Morgan fingerprint density at radius 1 is 1.14 bits per heavy atom. The lowest BCUT2D eigenvalue weighted by atomic mass is 10.1. The number of urea groups is 1. The van der Waals surface area contributed by atoms with Crippen LogP contribution in [0.5, 0.6) is 0 Å². The highest BCUT2D eigenvalue weighted by Crippen LogP contribution is 2.34. The third kappa shape index (κ3) is 4.70. The van der Waals surface area contributed by atoms with Gasteiger partial charge in [0.2, 0.25) is 0 Å². The topological polar surface area (TPSA) is 70.7 Å². The van der Waals surface area contributed by atoms with Crippen LogP contribution in [0, 0.1) is 0 Å². The molecule has 2 N–H and O–H groups in total. The fourth-order valence-electron chi connectivity index (χ4n) is 3.46. The molecule has 2 aromatic rings. The molecule has 3 rings (SSSR count). The van der Waals surface area contributed by atoms with Crippen LogP contribution >= 0.6 is 0 Å². The van der Waals surface area contributed by atoms with Crippen molar-refractivity contribution in [1.82, 2.24) is 10.6 Å². The third-order valence-electron chi connectivity index (χ3n) is 4.87. The summed E-state index contributed by atoms with van der Waals surface area (Å²) in [6, 6.07) is 15.3. The summed E-state index contributed by atoms with van der Waals surface area (Å²) >= 11 is 0. The molecule has 2 aromatic carbocycles. The first kappa shape index (κ1) is 19.9. The van der Waals surface area contributed by atoms with E-state index in [0.29, 0.717) is 25.3 Å². The molecule has 1 aliphatic heterocycles. The van der Waals surface area contributed by atoms with Gasteiger partial charge in [-0.2, -0.15) is 0 Å². The van der Waals surface area contributed by atoms with Crippen molar-refractivity contribution in [3.63, 3.8) is 0 Å². The van der Waals surface area contributed by atoms with Crippen LogP contribution in [0.3, 0.4) is 0 Å². The van der Waals surface area contributed by atoms with Crippen molar-refractivity contribution < 1.29 is 14.3 Å². The van der Waals surface area contributed by atoms with E-state index in [9.17, 15) is 9.59 Å². The van der Waals surface area contributed by atoms with Crippen LogP contribution in [0.1, 0.15) is 34.8 Å². The van der Waals surface area contributed by atoms with E-state index >= 15 is 0 Å². The van der Waals surface area contributed by atoms with E-state index in [4.69, 9.17) is 4.74 Å². The van der Waals surface area contributed by atoms with E-state index < -0.39 is 0 Å². The molecule has 3 amide bonds. The Morgan fingerprint density at radius 3 is 2.68 bits per heavy atom. The maximum Gasteiger partial charge on any atom is 0.315 e. The molecule has 0 fully saturated rings.